The second-order valence-corrected chi connectivity index (χ2v) is 19.0. The highest BCUT2D eigenvalue weighted by molar-refractivity contribution is 6.05. The molecule has 0 saturated carbocycles. The molecule has 3 saturated heterocycles. The van der Waals surface area contributed by atoms with Gasteiger partial charge in [0.1, 0.15) is 48.6 Å². The van der Waals surface area contributed by atoms with E-state index in [4.69, 9.17) is 24.1 Å². The number of hydrogen-bond acceptors (Lipinski definition) is 16. The quantitative estimate of drug-likeness (QED) is 0.0915. The van der Waals surface area contributed by atoms with Crippen LogP contribution < -0.4 is 39.7 Å². The summed E-state index contributed by atoms with van der Waals surface area (Å²) in [5, 5.41) is 24.0. The van der Waals surface area contributed by atoms with E-state index in [0.717, 1.165) is 24.3 Å². The summed E-state index contributed by atoms with van der Waals surface area (Å²) >= 11 is 0. The van der Waals surface area contributed by atoms with Crippen LogP contribution in [-0.2, 0) is 21.8 Å². The second kappa shape index (κ2) is 21.2. The fourth-order valence-electron chi connectivity index (χ4n) is 9.45. The second-order valence-electron chi connectivity index (χ2n) is 19.0. The van der Waals surface area contributed by atoms with Crippen LogP contribution in [0.5, 0.6) is 11.5 Å². The summed E-state index contributed by atoms with van der Waals surface area (Å²) in [4.78, 5) is 60.2. The van der Waals surface area contributed by atoms with Crippen LogP contribution in [0, 0.1) is 0 Å². The Hall–Kier alpha value is -7.94. The highest BCUT2D eigenvalue weighted by atomic mass is 19.4. The van der Waals surface area contributed by atoms with Gasteiger partial charge in [-0.25, -0.2) is 39.5 Å². The predicted octanol–water partition coefficient (Wildman–Crippen LogP) is 7.64. The maximum Gasteiger partial charge on any atom is 0.416 e. The first-order valence-corrected chi connectivity index (χ1v) is 24.4. The summed E-state index contributed by atoms with van der Waals surface area (Å²) in [5.74, 6) is 1.44. The number of nitrogens with zero attached hydrogens (tertiary/aromatic N) is 10. The van der Waals surface area contributed by atoms with Crippen molar-refractivity contribution in [3.63, 3.8) is 0 Å². The molecule has 4 N–H and O–H groups in total. The van der Waals surface area contributed by atoms with Gasteiger partial charge in [0, 0.05) is 61.8 Å². The van der Waals surface area contributed by atoms with E-state index in [-0.39, 0.29) is 65.8 Å². The molecule has 11 rings (SSSR count). The van der Waals surface area contributed by atoms with Crippen molar-refractivity contribution in [1.82, 2.24) is 29.9 Å². The predicted molar refractivity (Wildman–Crippen MR) is 267 cm³/mol. The minimum atomic E-state index is -4.51. The molecule has 0 aliphatic carbocycles. The first kappa shape index (κ1) is 52.5. The van der Waals surface area contributed by atoms with E-state index in [2.05, 4.69) is 45.4 Å². The van der Waals surface area contributed by atoms with Gasteiger partial charge in [0.05, 0.1) is 60.2 Å². The number of aliphatic hydroxyl groups is 2. The molecule has 0 spiro atoms. The fraction of sp³-hybridized carbons (Fsp3) is 0.373. The van der Waals surface area contributed by atoms with Gasteiger partial charge in [-0.15, -0.1) is 0 Å². The normalized spacial score (nSPS) is 19.4. The number of ether oxygens (including phenoxy) is 4. The van der Waals surface area contributed by atoms with Gasteiger partial charge in [0.25, 0.3) is 0 Å². The van der Waals surface area contributed by atoms with Crippen molar-refractivity contribution in [2.24, 2.45) is 0 Å². The highest BCUT2D eigenvalue weighted by Crippen LogP contribution is 2.42. The van der Waals surface area contributed by atoms with Gasteiger partial charge >= 0.3 is 24.4 Å². The molecular formula is C51H50F6N12O8. The molecular weight excluding hydrogens is 1020 g/mol. The molecule has 20 nitrogen and oxygen atoms in total. The number of aromatic nitrogens is 6. The Morgan fingerprint density at radius 3 is 1.68 bits per heavy atom. The van der Waals surface area contributed by atoms with Gasteiger partial charge in [-0.05, 0) is 63.1 Å². The lowest BCUT2D eigenvalue weighted by atomic mass is 10.1. The summed E-state index contributed by atoms with van der Waals surface area (Å²) < 4.78 is 102. The Balaban J connectivity index is 0.000000175. The zero-order valence-corrected chi connectivity index (χ0v) is 41.2. The lowest BCUT2D eigenvalue weighted by Crippen LogP contribution is -2.48. The molecule has 6 aromatic rings. The summed E-state index contributed by atoms with van der Waals surface area (Å²) in [6, 6.07) is 14.5. The average Bonchev–Trinajstić information content (AvgIpc) is 4.16. The third-order valence-corrected chi connectivity index (χ3v) is 13.1. The number of rotatable bonds is 11. The Morgan fingerprint density at radius 1 is 0.727 bits per heavy atom. The van der Waals surface area contributed by atoms with E-state index in [9.17, 15) is 41.0 Å². The van der Waals surface area contributed by atoms with Crippen molar-refractivity contribution < 1.29 is 65.1 Å². The van der Waals surface area contributed by atoms with Gasteiger partial charge < -0.3 is 39.0 Å². The number of halogens is 6. The van der Waals surface area contributed by atoms with Crippen molar-refractivity contribution in [1.29, 1.82) is 0 Å². The van der Waals surface area contributed by atoms with E-state index in [0.29, 0.717) is 80.1 Å². The molecule has 0 radical (unpaired) electrons. The van der Waals surface area contributed by atoms with Crippen LogP contribution in [-0.4, -0.2) is 135 Å². The van der Waals surface area contributed by atoms with Crippen LogP contribution in [0.1, 0.15) is 37.8 Å². The first-order valence-electron chi connectivity index (χ1n) is 24.4. The molecule has 77 heavy (non-hydrogen) atoms. The zero-order chi connectivity index (χ0) is 54.2. The number of carbonyl (C=O) groups excluding carboxylic acids is 2. The smallest absolute Gasteiger partial charge is 0.416 e. The van der Waals surface area contributed by atoms with Gasteiger partial charge in [-0.3, -0.25) is 20.4 Å². The Morgan fingerprint density at radius 2 is 1.22 bits per heavy atom. The molecule has 5 aliphatic rings. The number of urea groups is 2. The average molecular weight is 1070 g/mol. The number of anilines is 6. The van der Waals surface area contributed by atoms with Crippen molar-refractivity contribution in [2.45, 2.75) is 69.1 Å². The van der Waals surface area contributed by atoms with Gasteiger partial charge in [0.2, 0.25) is 0 Å². The number of hydrogen-bond donors (Lipinski definition) is 4. The van der Waals surface area contributed by atoms with Crippen LogP contribution in [0.25, 0.3) is 22.8 Å². The van der Waals surface area contributed by atoms with Gasteiger partial charge in [0.15, 0.2) is 29.1 Å². The summed E-state index contributed by atoms with van der Waals surface area (Å²) in [6.45, 7) is 6.33. The molecule has 26 heteroatoms. The number of alkyl halides is 6. The lowest BCUT2D eigenvalue weighted by Gasteiger charge is -2.35. The van der Waals surface area contributed by atoms with Crippen LogP contribution in [0.3, 0.4) is 0 Å². The third kappa shape index (κ3) is 11.7. The SMILES string of the molecule is CC1(C)OC[C@@H](COc2ccnc(NC(=O)N3c4nc(-c5cccc(C(F)(F)F)c5)ncc4N4CC[C@H]3C4)c2)O1.O=C(Nc1cc(OC[C@@H](O)CO)ccn1)N1c2nc(-c3cccc(C(F)(F)F)c3)ncc2N2CC[C@H]1C2. The van der Waals surface area contributed by atoms with Crippen molar-refractivity contribution in [3.05, 3.63) is 109 Å². The summed E-state index contributed by atoms with van der Waals surface area (Å²) in [5.41, 5.74) is 0.0343. The van der Waals surface area contributed by atoms with Crippen LogP contribution in [0.15, 0.2) is 97.6 Å². The van der Waals surface area contributed by atoms with Crippen molar-refractivity contribution in [2.75, 3.05) is 82.8 Å². The van der Waals surface area contributed by atoms with E-state index in [1.807, 2.05) is 18.7 Å². The van der Waals surface area contributed by atoms with E-state index in [1.165, 1.54) is 53.8 Å². The van der Waals surface area contributed by atoms with E-state index < -0.39 is 54.0 Å². The van der Waals surface area contributed by atoms with Crippen LogP contribution in [0.2, 0.25) is 0 Å². The maximum absolute atomic E-state index is 13.6. The molecule has 3 fully saturated rings. The Kier molecular flexibility index (Phi) is 14.5. The minimum Gasteiger partial charge on any atom is -0.491 e. The topological polar surface area (TPSA) is 226 Å². The van der Waals surface area contributed by atoms with Crippen molar-refractivity contribution >= 4 is 46.7 Å². The number of nitrogens with one attached hydrogen (secondary N) is 2. The Labute approximate surface area is 435 Å². The number of pyridine rings is 2. The van der Waals surface area contributed by atoms with Crippen LogP contribution >= 0.6 is 0 Å². The monoisotopic (exact) mass is 1070 g/mol. The molecule has 5 aliphatic heterocycles. The molecule has 4 aromatic heterocycles. The number of benzene rings is 2. The molecule has 4 atom stereocenters. The molecule has 4 amide bonds. The van der Waals surface area contributed by atoms with Gasteiger partial charge in [-0.2, -0.15) is 26.3 Å². The highest BCUT2D eigenvalue weighted by Gasteiger charge is 2.43. The lowest BCUT2D eigenvalue weighted by molar-refractivity contribution is -0.141. The number of fused-ring (bicyclic) bond motifs is 8. The number of carbonyl (C=O) groups is 2. The van der Waals surface area contributed by atoms with Gasteiger partial charge in [-0.1, -0.05) is 24.3 Å². The van der Waals surface area contributed by atoms with E-state index >= 15 is 0 Å². The van der Waals surface area contributed by atoms with E-state index in [1.54, 1.807) is 29.3 Å². The molecule has 9 heterocycles. The third-order valence-electron chi connectivity index (χ3n) is 13.1. The summed E-state index contributed by atoms with van der Waals surface area (Å²) in [6.07, 6.45) is -2.86. The molecule has 404 valence electrons. The van der Waals surface area contributed by atoms with Crippen LogP contribution in [0.4, 0.5) is 70.6 Å². The summed E-state index contributed by atoms with van der Waals surface area (Å²) in [7, 11) is 0. The number of amides is 4. The zero-order valence-electron chi connectivity index (χ0n) is 41.2. The first-order chi connectivity index (χ1) is 36.8. The Bertz CT molecular complexity index is 3160. The largest absolute Gasteiger partial charge is 0.491 e. The maximum atomic E-state index is 13.6. The molecule has 0 unspecified atom stereocenters. The number of aliphatic hydroxyl groups excluding tert-OH is 2. The minimum absolute atomic E-state index is 0.0705. The standard InChI is InChI=1S/C27H27F3N6O4.C24H23F3N6O4/c1-26(2)39-15-20(40-26)14-38-19-6-8-31-22(11-19)33-25(37)36-18-7-9-35(13-18)21-12-32-23(34-24(21)36)16-4-3-5-17(10-16)27(28,29)30;25-24(26,27)15-3-1-2-14(8-15)21-29-10-19-22(31-21)33(16-5-7-32(19)11-16)23(36)30-20-9-18(4-6-28-20)37-13-17(35)12-34/h3-6,8,10-12,18,20H,7,9,13-15H2,1-2H3,(H,31,33,37);1-4,6,8-10,16-17,34-35H,5,7,11-13H2,(H,28,30,36)/t18-,20+;16-,17-/m00/s1. The molecule has 2 aromatic carbocycles. The molecule has 4 bridgehead atoms. The van der Waals surface area contributed by atoms with Crippen molar-refractivity contribution in [3.8, 4) is 34.3 Å². The fourth-order valence-corrected chi connectivity index (χ4v) is 9.45.